The zero-order valence-electron chi connectivity index (χ0n) is 27.4. The SMILES string of the molecule is C1COCCO1.CC[n+]1c(/C=C/c2ccc3c(c2)OCCOCCOCCOCCOCCO3)sc2ccccc21.O.O.O.[O-][Cl+3]([O-])([O-])[O-]. The summed E-state index contributed by atoms with van der Waals surface area (Å²) in [6, 6.07) is 14.5. The van der Waals surface area contributed by atoms with Crippen LogP contribution in [0.15, 0.2) is 42.5 Å². The van der Waals surface area contributed by atoms with Gasteiger partial charge < -0.3 is 54.3 Å². The van der Waals surface area contributed by atoms with Gasteiger partial charge >= 0.3 is 0 Å². The average Bonchev–Trinajstić information content (AvgIpc) is 3.41. The van der Waals surface area contributed by atoms with E-state index in [1.54, 1.807) is 11.3 Å². The molecule has 280 valence electrons. The highest BCUT2D eigenvalue weighted by Crippen LogP contribution is 2.30. The lowest BCUT2D eigenvalue weighted by molar-refractivity contribution is -2.00. The van der Waals surface area contributed by atoms with Crippen molar-refractivity contribution in [3.8, 4) is 11.5 Å². The molecule has 1 fully saturated rings. The van der Waals surface area contributed by atoms with Crippen molar-refractivity contribution in [2.45, 2.75) is 13.5 Å². The lowest BCUT2D eigenvalue weighted by Gasteiger charge is -2.17. The molecule has 0 atom stereocenters. The summed E-state index contributed by atoms with van der Waals surface area (Å²) in [5, 5.41) is 1.21. The molecule has 0 saturated carbocycles. The Morgan fingerprint density at radius 1 is 0.612 bits per heavy atom. The first-order valence-electron chi connectivity index (χ1n) is 14.9. The van der Waals surface area contributed by atoms with Crippen LogP contribution in [0.3, 0.4) is 0 Å². The van der Waals surface area contributed by atoms with Gasteiger partial charge in [-0.3, -0.25) is 0 Å². The van der Waals surface area contributed by atoms with E-state index >= 15 is 0 Å². The van der Waals surface area contributed by atoms with Crippen LogP contribution < -0.4 is 32.7 Å². The fraction of sp³-hybridized carbons (Fsp3) is 0.516. The Labute approximate surface area is 291 Å². The molecule has 2 aromatic carbocycles. The van der Waals surface area contributed by atoms with Crippen molar-refractivity contribution >= 4 is 33.7 Å². The van der Waals surface area contributed by atoms with Crippen molar-refractivity contribution in [2.75, 3.05) is 92.5 Å². The summed E-state index contributed by atoms with van der Waals surface area (Å²) in [5.74, 6) is 1.38. The van der Waals surface area contributed by atoms with E-state index in [-0.39, 0.29) is 16.4 Å². The fourth-order valence-corrected chi connectivity index (χ4v) is 5.28. The summed E-state index contributed by atoms with van der Waals surface area (Å²) in [4.78, 5) is 0. The fourth-order valence-electron chi connectivity index (χ4n) is 4.15. The Hall–Kier alpha value is -2.56. The quantitative estimate of drug-likeness (QED) is 0.244. The molecule has 0 bridgehead atoms. The van der Waals surface area contributed by atoms with Gasteiger partial charge in [0.15, 0.2) is 11.5 Å². The molecular weight excluding hydrogens is 694 g/mol. The second-order valence-electron chi connectivity index (χ2n) is 9.44. The molecule has 3 heterocycles. The third-order valence-electron chi connectivity index (χ3n) is 6.17. The smallest absolute Gasteiger partial charge is 0.262 e. The van der Waals surface area contributed by atoms with Crippen molar-refractivity contribution in [2.24, 2.45) is 0 Å². The molecule has 49 heavy (non-hydrogen) atoms. The van der Waals surface area contributed by atoms with Gasteiger partial charge in [-0.1, -0.05) is 29.5 Å². The number of benzene rings is 2. The van der Waals surface area contributed by atoms with E-state index in [0.717, 1.165) is 38.5 Å². The van der Waals surface area contributed by atoms with Gasteiger partial charge in [-0.25, -0.2) is 18.6 Å². The number of fused-ring (bicyclic) bond motifs is 2. The zero-order chi connectivity index (χ0) is 32.9. The number of aryl methyl sites for hydroxylation is 1. The average molecular weight is 742 g/mol. The molecule has 1 saturated heterocycles. The van der Waals surface area contributed by atoms with E-state index in [9.17, 15) is 0 Å². The Morgan fingerprint density at radius 3 is 1.51 bits per heavy atom. The number of ether oxygens (including phenoxy) is 8. The normalized spacial score (nSPS) is 16.5. The molecule has 2 aliphatic heterocycles. The Balaban J connectivity index is 0.00000141. The first-order valence-corrected chi connectivity index (χ1v) is 17.0. The van der Waals surface area contributed by atoms with Crippen LogP contribution in [0.1, 0.15) is 17.5 Å². The largest absolute Gasteiger partial charge is 0.487 e. The van der Waals surface area contributed by atoms with Crippen LogP contribution in [0.25, 0.3) is 22.4 Å². The summed E-state index contributed by atoms with van der Waals surface area (Å²) in [5.41, 5.74) is 2.30. The number of hydrogen-bond acceptors (Lipinski definition) is 13. The maximum absolute atomic E-state index is 8.49. The van der Waals surface area contributed by atoms with Gasteiger partial charge in [0.25, 0.3) is 5.01 Å². The highest BCUT2D eigenvalue weighted by Gasteiger charge is 2.16. The van der Waals surface area contributed by atoms with Gasteiger partial charge in [0.2, 0.25) is 5.52 Å². The van der Waals surface area contributed by atoms with Gasteiger partial charge in [-0.2, -0.15) is 4.57 Å². The maximum Gasteiger partial charge on any atom is 0.262 e. The molecule has 0 radical (unpaired) electrons. The number of halogens is 1. The third kappa shape index (κ3) is 20.0. The predicted molar refractivity (Wildman–Crippen MR) is 170 cm³/mol. The lowest BCUT2D eigenvalue weighted by Crippen LogP contribution is -2.68. The van der Waals surface area contributed by atoms with Gasteiger partial charge in [0.05, 0.1) is 79.3 Å². The Kier molecular flexibility index (Phi) is 25.8. The topological polar surface area (TPSA) is 264 Å². The minimum absolute atomic E-state index is 0. The number of nitrogens with zero attached hydrogens (tertiary/aromatic N) is 1. The van der Waals surface area contributed by atoms with Crippen molar-refractivity contribution in [3.63, 3.8) is 0 Å². The zero-order valence-corrected chi connectivity index (χ0v) is 29.0. The van der Waals surface area contributed by atoms with E-state index in [2.05, 4.69) is 47.9 Å². The molecular formula is C31H48ClNO15S. The summed E-state index contributed by atoms with van der Waals surface area (Å²) >= 11 is 1.79. The molecule has 0 amide bonds. The number of hydrogen-bond donors (Lipinski definition) is 0. The molecule has 6 N–H and O–H groups in total. The first-order chi connectivity index (χ1) is 22.3. The van der Waals surface area contributed by atoms with Crippen molar-refractivity contribution in [1.82, 2.24) is 0 Å². The first kappa shape index (κ1) is 46.4. The summed E-state index contributed by atoms with van der Waals surface area (Å²) in [6.07, 6.45) is 4.28. The third-order valence-corrected chi connectivity index (χ3v) is 7.30. The molecule has 0 spiro atoms. The summed E-state index contributed by atoms with van der Waals surface area (Å²) < 4.78 is 81.6. The standard InChI is InChI=1S/C27H34NO6S.C4H8O2.ClHO4.3H2O/c1-2-28-23-5-3-4-6-26(23)35-27(28)10-8-22-7-9-24-25(21-22)34-20-18-32-16-14-30-12-11-29-13-15-31-17-19-33-24;1-2-6-4-3-5-1;2-1(3,4)5;;;/h3-10,21H,2,11-20H2,1H3;1-4H2;(H,2,3,4,5);3*1H2/q+1;;;;;/p-1/b10-8+;;;;;. The van der Waals surface area contributed by atoms with Crippen LogP contribution in [0.2, 0.25) is 0 Å². The van der Waals surface area contributed by atoms with Crippen LogP contribution in [-0.4, -0.2) is 109 Å². The van der Waals surface area contributed by atoms with E-state index in [1.165, 1.54) is 15.2 Å². The maximum atomic E-state index is 8.49. The second-order valence-corrected chi connectivity index (χ2v) is 11.3. The molecule has 16 nitrogen and oxygen atoms in total. The second kappa shape index (κ2) is 27.2. The van der Waals surface area contributed by atoms with Gasteiger partial charge in [-0.15, -0.1) is 10.2 Å². The van der Waals surface area contributed by atoms with Crippen LogP contribution in [-0.2, 0) is 35.0 Å². The molecule has 3 aromatic rings. The van der Waals surface area contributed by atoms with Crippen molar-refractivity contribution in [1.29, 1.82) is 0 Å². The molecule has 2 aliphatic rings. The highest BCUT2D eigenvalue weighted by atomic mass is 35.7. The predicted octanol–water partition coefficient (Wildman–Crippen LogP) is -2.98. The molecule has 0 unspecified atom stereocenters. The minimum Gasteiger partial charge on any atom is -0.487 e. The number of rotatable bonds is 3. The lowest BCUT2D eigenvalue weighted by atomic mass is 10.2. The molecule has 0 aliphatic carbocycles. The van der Waals surface area contributed by atoms with E-state index in [4.69, 9.17) is 56.5 Å². The van der Waals surface area contributed by atoms with E-state index in [0.29, 0.717) is 77.6 Å². The van der Waals surface area contributed by atoms with Crippen molar-refractivity contribution in [3.05, 3.63) is 53.0 Å². The van der Waals surface area contributed by atoms with Crippen LogP contribution in [0.5, 0.6) is 11.5 Å². The highest BCUT2D eigenvalue weighted by molar-refractivity contribution is 7.18. The monoisotopic (exact) mass is 741 g/mol. The Bertz CT molecular complexity index is 1270. The van der Waals surface area contributed by atoms with Gasteiger partial charge in [-0.05, 0) is 36.8 Å². The number of para-hydroxylation sites is 1. The number of aromatic nitrogens is 1. The van der Waals surface area contributed by atoms with Crippen LogP contribution in [0.4, 0.5) is 0 Å². The van der Waals surface area contributed by atoms with Crippen LogP contribution in [0, 0.1) is 10.2 Å². The molecule has 18 heteroatoms. The van der Waals surface area contributed by atoms with E-state index in [1.807, 2.05) is 18.2 Å². The van der Waals surface area contributed by atoms with Crippen molar-refractivity contribution < 1.29 is 87.8 Å². The summed E-state index contributed by atoms with van der Waals surface area (Å²) in [6.45, 7) is 11.2. The van der Waals surface area contributed by atoms with Crippen LogP contribution >= 0.6 is 11.3 Å². The minimum atomic E-state index is -4.94. The molecule has 5 rings (SSSR count). The van der Waals surface area contributed by atoms with Gasteiger partial charge in [0.1, 0.15) is 24.5 Å². The van der Waals surface area contributed by atoms with E-state index < -0.39 is 10.2 Å². The van der Waals surface area contributed by atoms with Gasteiger partial charge in [0, 0.05) is 12.1 Å². The summed E-state index contributed by atoms with van der Waals surface area (Å²) in [7, 11) is -4.94. The Morgan fingerprint density at radius 2 is 1.04 bits per heavy atom. The molecule has 1 aromatic heterocycles. The number of thiazole rings is 1.